The van der Waals surface area contributed by atoms with Crippen LogP contribution in [-0.4, -0.2) is 30.1 Å². The largest absolute Gasteiger partial charge is 0.472 e. The molecule has 0 bridgehead atoms. The first-order chi connectivity index (χ1) is 12.4. The lowest BCUT2D eigenvalue weighted by atomic mass is 10.1. The van der Waals surface area contributed by atoms with Crippen LogP contribution in [0.15, 0.2) is 66.0 Å². The highest BCUT2D eigenvalue weighted by Gasteiger charge is 2.13. The van der Waals surface area contributed by atoms with Crippen LogP contribution in [0.2, 0.25) is 0 Å². The van der Waals surface area contributed by atoms with Gasteiger partial charge in [0, 0.05) is 35.1 Å². The first kappa shape index (κ1) is 13.7. The second kappa shape index (κ2) is 5.41. The Morgan fingerprint density at radius 2 is 1.92 bits per heavy atom. The normalized spacial score (nSPS) is 11.2. The number of aromatic amines is 2. The van der Waals surface area contributed by atoms with Gasteiger partial charge in [0.25, 0.3) is 0 Å². The van der Waals surface area contributed by atoms with Crippen molar-refractivity contribution in [3.63, 3.8) is 0 Å². The van der Waals surface area contributed by atoms with Gasteiger partial charge in [-0.3, -0.25) is 20.1 Å². The summed E-state index contributed by atoms with van der Waals surface area (Å²) in [6.45, 7) is 0. The van der Waals surface area contributed by atoms with Gasteiger partial charge in [-0.1, -0.05) is 0 Å². The number of hydrogen-bond donors (Lipinski definition) is 2. The molecule has 7 heteroatoms. The van der Waals surface area contributed by atoms with E-state index in [0.29, 0.717) is 0 Å². The minimum Gasteiger partial charge on any atom is -0.472 e. The summed E-state index contributed by atoms with van der Waals surface area (Å²) in [6.07, 6.45) is 10.1. The highest BCUT2D eigenvalue weighted by molar-refractivity contribution is 5.95. The molecular weight excluding hydrogens is 316 g/mol. The fraction of sp³-hybridized carbons (Fsp3) is 0. The molecule has 5 heterocycles. The number of pyridine rings is 1. The predicted molar refractivity (Wildman–Crippen MR) is 92.4 cm³/mol. The molecule has 0 amide bonds. The van der Waals surface area contributed by atoms with Gasteiger partial charge in [-0.05, 0) is 24.3 Å². The first-order valence-corrected chi connectivity index (χ1v) is 7.71. The van der Waals surface area contributed by atoms with Gasteiger partial charge in [-0.25, -0.2) is 0 Å². The summed E-state index contributed by atoms with van der Waals surface area (Å²) in [4.78, 5) is 16.2. The predicted octanol–water partition coefficient (Wildman–Crippen LogP) is 3.67. The van der Waals surface area contributed by atoms with Crippen molar-refractivity contribution in [2.75, 3.05) is 0 Å². The summed E-state index contributed by atoms with van der Waals surface area (Å²) in [5.41, 5.74) is 6.07. The van der Waals surface area contributed by atoms with Crippen molar-refractivity contribution in [2.45, 2.75) is 0 Å². The molecule has 120 valence electrons. The van der Waals surface area contributed by atoms with Crippen molar-refractivity contribution in [2.24, 2.45) is 0 Å². The molecular formula is C18H12N6O. The van der Waals surface area contributed by atoms with Gasteiger partial charge >= 0.3 is 0 Å². The SMILES string of the molecule is c1cnc(-c2cc(-c3cc4c(-c5ccoc5)nccc4[nH]3)n[nH]2)cn1. The van der Waals surface area contributed by atoms with E-state index in [2.05, 4.69) is 30.1 Å². The number of fused-ring (bicyclic) bond motifs is 1. The molecule has 7 nitrogen and oxygen atoms in total. The maximum Gasteiger partial charge on any atom is 0.109 e. The van der Waals surface area contributed by atoms with Crippen LogP contribution in [0.5, 0.6) is 0 Å². The Morgan fingerprint density at radius 1 is 0.920 bits per heavy atom. The molecule has 0 saturated carbocycles. The van der Waals surface area contributed by atoms with Gasteiger partial charge in [0.15, 0.2) is 0 Å². The van der Waals surface area contributed by atoms with E-state index in [4.69, 9.17) is 4.42 Å². The first-order valence-electron chi connectivity index (χ1n) is 7.71. The van der Waals surface area contributed by atoms with Crippen LogP contribution < -0.4 is 0 Å². The molecule has 2 N–H and O–H groups in total. The van der Waals surface area contributed by atoms with E-state index in [1.165, 1.54) is 0 Å². The number of aromatic nitrogens is 6. The molecule has 0 aliphatic rings. The maximum absolute atomic E-state index is 5.18. The topological polar surface area (TPSA) is 96.3 Å². The zero-order valence-corrected chi connectivity index (χ0v) is 13.0. The Morgan fingerprint density at radius 3 is 2.76 bits per heavy atom. The average Bonchev–Trinajstić information content (AvgIpc) is 3.41. The molecule has 0 aromatic carbocycles. The van der Waals surface area contributed by atoms with E-state index in [0.717, 1.165) is 44.9 Å². The number of nitrogens with zero attached hydrogens (tertiary/aromatic N) is 4. The zero-order chi connectivity index (χ0) is 16.6. The summed E-state index contributed by atoms with van der Waals surface area (Å²) in [5, 5.41) is 8.41. The molecule has 0 fully saturated rings. The Kier molecular flexibility index (Phi) is 2.96. The van der Waals surface area contributed by atoms with Gasteiger partial charge in [-0.15, -0.1) is 0 Å². The monoisotopic (exact) mass is 328 g/mol. The lowest BCUT2D eigenvalue weighted by Crippen LogP contribution is -1.83. The highest BCUT2D eigenvalue weighted by atomic mass is 16.3. The lowest BCUT2D eigenvalue weighted by Gasteiger charge is -1.97. The molecule has 0 saturated heterocycles. The van der Waals surface area contributed by atoms with E-state index < -0.39 is 0 Å². The molecule has 25 heavy (non-hydrogen) atoms. The van der Waals surface area contributed by atoms with Crippen molar-refractivity contribution < 1.29 is 4.42 Å². The Hall–Kier alpha value is -3.74. The van der Waals surface area contributed by atoms with Crippen LogP contribution in [0.4, 0.5) is 0 Å². The Labute approximate surface area is 141 Å². The van der Waals surface area contributed by atoms with Crippen molar-refractivity contribution >= 4 is 10.9 Å². The zero-order valence-electron chi connectivity index (χ0n) is 13.0. The third-order valence-corrected chi connectivity index (χ3v) is 4.04. The van der Waals surface area contributed by atoms with Gasteiger partial charge in [0.1, 0.15) is 11.4 Å². The van der Waals surface area contributed by atoms with Crippen LogP contribution in [0.25, 0.3) is 44.9 Å². The van der Waals surface area contributed by atoms with Crippen molar-refractivity contribution in [1.29, 1.82) is 0 Å². The van der Waals surface area contributed by atoms with Crippen molar-refractivity contribution in [1.82, 2.24) is 30.1 Å². The lowest BCUT2D eigenvalue weighted by molar-refractivity contribution is 0.568. The average molecular weight is 328 g/mol. The molecule has 5 aromatic rings. The van der Waals surface area contributed by atoms with E-state index >= 15 is 0 Å². The molecule has 0 unspecified atom stereocenters. The van der Waals surface area contributed by atoms with E-state index in [1.54, 1.807) is 37.3 Å². The van der Waals surface area contributed by atoms with Crippen molar-refractivity contribution in [3.8, 4) is 34.0 Å². The van der Waals surface area contributed by atoms with Gasteiger partial charge in [0.05, 0.1) is 35.8 Å². The van der Waals surface area contributed by atoms with E-state index in [1.807, 2.05) is 24.3 Å². The Balaban J connectivity index is 1.60. The number of furan rings is 1. The third-order valence-electron chi connectivity index (χ3n) is 4.04. The summed E-state index contributed by atoms with van der Waals surface area (Å²) in [6, 6.07) is 7.83. The second-order valence-electron chi connectivity index (χ2n) is 5.57. The maximum atomic E-state index is 5.18. The third kappa shape index (κ3) is 2.29. The van der Waals surface area contributed by atoms with Crippen LogP contribution in [0.1, 0.15) is 0 Å². The molecule has 5 rings (SSSR count). The fourth-order valence-corrected chi connectivity index (χ4v) is 2.85. The summed E-state index contributed by atoms with van der Waals surface area (Å²) in [5.74, 6) is 0. The smallest absolute Gasteiger partial charge is 0.109 e. The highest BCUT2D eigenvalue weighted by Crippen LogP contribution is 2.31. The molecule has 5 aromatic heterocycles. The second-order valence-corrected chi connectivity index (χ2v) is 5.57. The molecule has 0 aliphatic carbocycles. The van der Waals surface area contributed by atoms with Crippen molar-refractivity contribution in [3.05, 3.63) is 61.6 Å². The number of nitrogens with one attached hydrogen (secondary N) is 2. The number of H-pyrrole nitrogens is 2. The van der Waals surface area contributed by atoms with E-state index in [9.17, 15) is 0 Å². The summed E-state index contributed by atoms with van der Waals surface area (Å²) < 4.78 is 5.18. The van der Waals surface area contributed by atoms with Crippen LogP contribution in [0, 0.1) is 0 Å². The number of hydrogen-bond acceptors (Lipinski definition) is 5. The fourth-order valence-electron chi connectivity index (χ4n) is 2.85. The molecule has 0 aliphatic heterocycles. The summed E-state index contributed by atoms with van der Waals surface area (Å²) in [7, 11) is 0. The minimum absolute atomic E-state index is 0.748. The number of rotatable bonds is 3. The van der Waals surface area contributed by atoms with Gasteiger partial charge < -0.3 is 9.40 Å². The van der Waals surface area contributed by atoms with Crippen LogP contribution >= 0.6 is 0 Å². The van der Waals surface area contributed by atoms with Gasteiger partial charge in [0.2, 0.25) is 0 Å². The quantitative estimate of drug-likeness (QED) is 0.527. The Bertz CT molecular complexity index is 1140. The summed E-state index contributed by atoms with van der Waals surface area (Å²) >= 11 is 0. The molecule has 0 radical (unpaired) electrons. The minimum atomic E-state index is 0.748. The van der Waals surface area contributed by atoms with Crippen LogP contribution in [-0.2, 0) is 0 Å². The van der Waals surface area contributed by atoms with Crippen LogP contribution in [0.3, 0.4) is 0 Å². The standard InChI is InChI=1S/C18H12N6O/c1-3-21-18(11-2-6-25-10-11)12-7-14(22-13(1)12)15-8-16(24-23-15)17-9-19-4-5-20-17/h1-10,22H,(H,23,24). The van der Waals surface area contributed by atoms with E-state index in [-0.39, 0.29) is 0 Å². The molecule has 0 atom stereocenters. The van der Waals surface area contributed by atoms with Gasteiger partial charge in [-0.2, -0.15) is 5.10 Å². The molecule has 0 spiro atoms.